The van der Waals surface area contributed by atoms with Crippen LogP contribution in [0.1, 0.15) is 38.9 Å². The Morgan fingerprint density at radius 3 is 2.74 bits per heavy atom. The predicted molar refractivity (Wildman–Crippen MR) is 101 cm³/mol. The molecular formula is C18H33N7O2. The summed E-state index contributed by atoms with van der Waals surface area (Å²) in [5, 5.41) is 12.1. The highest BCUT2D eigenvalue weighted by Gasteiger charge is 2.28. The van der Waals surface area contributed by atoms with Gasteiger partial charge in [0.2, 0.25) is 5.91 Å². The number of aryl methyl sites for hydroxylation is 1. The fraction of sp³-hybridized carbons (Fsp3) is 0.889. The van der Waals surface area contributed by atoms with E-state index < -0.39 is 0 Å². The maximum atomic E-state index is 12.5. The molecule has 3 rings (SSSR count). The maximum Gasteiger partial charge on any atom is 0.222 e. The summed E-state index contributed by atoms with van der Waals surface area (Å²) in [7, 11) is 0. The van der Waals surface area contributed by atoms with Crippen LogP contribution in [0, 0.1) is 0 Å². The molecule has 0 saturated carbocycles. The molecule has 0 aliphatic carbocycles. The fourth-order valence-corrected chi connectivity index (χ4v) is 4.01. The Balaban J connectivity index is 1.41. The van der Waals surface area contributed by atoms with E-state index in [1.807, 2.05) is 9.58 Å². The highest BCUT2D eigenvalue weighted by molar-refractivity contribution is 5.76. The number of morpholine rings is 1. The van der Waals surface area contributed by atoms with Crippen molar-refractivity contribution in [2.75, 3.05) is 52.5 Å². The number of tetrazole rings is 1. The van der Waals surface area contributed by atoms with E-state index in [0.717, 1.165) is 77.7 Å². The van der Waals surface area contributed by atoms with Gasteiger partial charge in [-0.3, -0.25) is 14.6 Å². The van der Waals surface area contributed by atoms with Gasteiger partial charge in [-0.15, -0.1) is 5.10 Å². The number of carbonyl (C=O) groups excluding carboxylic acids is 1. The van der Waals surface area contributed by atoms with E-state index in [9.17, 15) is 4.79 Å². The second kappa shape index (κ2) is 10.1. The lowest BCUT2D eigenvalue weighted by Crippen LogP contribution is -2.38. The van der Waals surface area contributed by atoms with Crippen molar-refractivity contribution >= 4 is 5.91 Å². The molecule has 2 aliphatic heterocycles. The van der Waals surface area contributed by atoms with Crippen LogP contribution in [0.5, 0.6) is 0 Å². The number of aromatic nitrogens is 4. The molecular weight excluding hydrogens is 346 g/mol. The number of carbonyl (C=O) groups is 1. The predicted octanol–water partition coefficient (Wildman–Crippen LogP) is 0.228. The Kier molecular flexibility index (Phi) is 7.54. The van der Waals surface area contributed by atoms with Gasteiger partial charge in [0.15, 0.2) is 5.82 Å². The lowest BCUT2D eigenvalue weighted by Gasteiger charge is -2.26. The van der Waals surface area contributed by atoms with Crippen molar-refractivity contribution in [3.05, 3.63) is 5.82 Å². The molecule has 1 amide bonds. The van der Waals surface area contributed by atoms with Crippen LogP contribution in [0.2, 0.25) is 0 Å². The number of ether oxygens (including phenoxy) is 1. The Bertz CT molecular complexity index is 584. The van der Waals surface area contributed by atoms with Gasteiger partial charge in [0.25, 0.3) is 0 Å². The molecule has 9 nitrogen and oxygen atoms in total. The SMILES string of the molecule is CCN(CC)C1CCN(C(=O)CCCn2nnnc2CN2CCOCC2)C1. The first-order valence-corrected chi connectivity index (χ1v) is 10.3. The summed E-state index contributed by atoms with van der Waals surface area (Å²) in [6.07, 6.45) is 2.42. The average molecular weight is 380 g/mol. The van der Waals surface area contributed by atoms with E-state index in [2.05, 4.69) is 39.2 Å². The van der Waals surface area contributed by atoms with Gasteiger partial charge in [0.1, 0.15) is 0 Å². The van der Waals surface area contributed by atoms with Gasteiger partial charge in [0, 0.05) is 45.2 Å². The quantitative estimate of drug-likeness (QED) is 0.607. The number of amides is 1. The van der Waals surface area contributed by atoms with Crippen LogP contribution < -0.4 is 0 Å². The van der Waals surface area contributed by atoms with Gasteiger partial charge in [-0.25, -0.2) is 4.68 Å². The van der Waals surface area contributed by atoms with Crippen LogP contribution in [0.15, 0.2) is 0 Å². The Morgan fingerprint density at radius 2 is 2.00 bits per heavy atom. The van der Waals surface area contributed by atoms with Crippen LogP contribution in [0.4, 0.5) is 0 Å². The number of rotatable bonds is 9. The van der Waals surface area contributed by atoms with Gasteiger partial charge < -0.3 is 9.64 Å². The minimum Gasteiger partial charge on any atom is -0.379 e. The van der Waals surface area contributed by atoms with Crippen LogP contribution in [0.3, 0.4) is 0 Å². The number of hydrogen-bond donors (Lipinski definition) is 0. The van der Waals surface area contributed by atoms with Crippen molar-refractivity contribution in [2.24, 2.45) is 0 Å². The van der Waals surface area contributed by atoms with E-state index in [4.69, 9.17) is 4.74 Å². The largest absolute Gasteiger partial charge is 0.379 e. The second-order valence-electron chi connectivity index (χ2n) is 7.31. The van der Waals surface area contributed by atoms with Crippen molar-refractivity contribution in [3.63, 3.8) is 0 Å². The summed E-state index contributed by atoms with van der Waals surface area (Å²) in [6, 6.07) is 0.517. The number of likely N-dealkylation sites (tertiary alicyclic amines) is 1. The van der Waals surface area contributed by atoms with Gasteiger partial charge in [-0.05, 0) is 36.4 Å². The zero-order valence-electron chi connectivity index (χ0n) is 16.7. The molecule has 3 heterocycles. The molecule has 27 heavy (non-hydrogen) atoms. The van der Waals surface area contributed by atoms with Gasteiger partial charge in [-0.1, -0.05) is 13.8 Å². The first kappa shape index (κ1) is 20.2. The van der Waals surface area contributed by atoms with E-state index in [1.54, 1.807) is 0 Å². The Hall–Kier alpha value is -1.58. The van der Waals surface area contributed by atoms with Crippen LogP contribution >= 0.6 is 0 Å². The zero-order valence-corrected chi connectivity index (χ0v) is 16.7. The van der Waals surface area contributed by atoms with Crippen LogP contribution in [-0.2, 0) is 22.6 Å². The topological polar surface area (TPSA) is 79.6 Å². The smallest absolute Gasteiger partial charge is 0.222 e. The molecule has 1 unspecified atom stereocenters. The lowest BCUT2D eigenvalue weighted by molar-refractivity contribution is -0.130. The highest BCUT2D eigenvalue weighted by Crippen LogP contribution is 2.17. The molecule has 1 aromatic rings. The average Bonchev–Trinajstić information content (AvgIpc) is 3.34. The molecule has 0 N–H and O–H groups in total. The molecule has 2 saturated heterocycles. The molecule has 2 fully saturated rings. The summed E-state index contributed by atoms with van der Waals surface area (Å²) in [5.41, 5.74) is 0. The summed E-state index contributed by atoms with van der Waals surface area (Å²) in [4.78, 5) is 19.3. The molecule has 2 aliphatic rings. The molecule has 1 atom stereocenters. The molecule has 152 valence electrons. The monoisotopic (exact) mass is 379 g/mol. The van der Waals surface area contributed by atoms with Crippen molar-refractivity contribution in [2.45, 2.75) is 52.2 Å². The van der Waals surface area contributed by atoms with Gasteiger partial charge >= 0.3 is 0 Å². The standard InChI is InChI=1S/C18H33N7O2/c1-3-23(4-2)16-7-9-24(14-16)18(26)6-5-8-25-17(19-20-21-25)15-22-10-12-27-13-11-22/h16H,3-15H2,1-2H3. The minimum atomic E-state index is 0.257. The van der Waals surface area contributed by atoms with E-state index in [1.165, 1.54) is 0 Å². The first-order chi connectivity index (χ1) is 13.2. The second-order valence-corrected chi connectivity index (χ2v) is 7.31. The first-order valence-electron chi connectivity index (χ1n) is 10.3. The third-order valence-electron chi connectivity index (χ3n) is 5.68. The molecule has 9 heteroatoms. The Labute approximate surface area is 161 Å². The van der Waals surface area contributed by atoms with Crippen molar-refractivity contribution in [1.82, 2.24) is 34.9 Å². The zero-order chi connectivity index (χ0) is 19.1. The van der Waals surface area contributed by atoms with Crippen molar-refractivity contribution in [3.8, 4) is 0 Å². The lowest BCUT2D eigenvalue weighted by atomic mass is 10.2. The normalized spacial score (nSPS) is 21.3. The van der Waals surface area contributed by atoms with E-state index in [0.29, 0.717) is 19.0 Å². The molecule has 0 spiro atoms. The molecule has 0 aromatic carbocycles. The van der Waals surface area contributed by atoms with Gasteiger partial charge in [-0.2, -0.15) is 0 Å². The van der Waals surface area contributed by atoms with Crippen molar-refractivity contribution in [1.29, 1.82) is 0 Å². The molecule has 1 aromatic heterocycles. The Morgan fingerprint density at radius 1 is 1.22 bits per heavy atom. The summed E-state index contributed by atoms with van der Waals surface area (Å²) in [5.74, 6) is 1.12. The molecule has 0 radical (unpaired) electrons. The van der Waals surface area contributed by atoms with Crippen LogP contribution in [-0.4, -0.2) is 99.3 Å². The van der Waals surface area contributed by atoms with Gasteiger partial charge in [0.05, 0.1) is 19.8 Å². The van der Waals surface area contributed by atoms with E-state index in [-0.39, 0.29) is 5.91 Å². The van der Waals surface area contributed by atoms with Crippen molar-refractivity contribution < 1.29 is 9.53 Å². The number of hydrogen-bond acceptors (Lipinski definition) is 7. The maximum absolute atomic E-state index is 12.5. The third kappa shape index (κ3) is 5.46. The van der Waals surface area contributed by atoms with Crippen LogP contribution in [0.25, 0.3) is 0 Å². The number of likely N-dealkylation sites (N-methyl/N-ethyl adjacent to an activating group) is 1. The highest BCUT2D eigenvalue weighted by atomic mass is 16.5. The van der Waals surface area contributed by atoms with E-state index >= 15 is 0 Å². The third-order valence-corrected chi connectivity index (χ3v) is 5.68. The minimum absolute atomic E-state index is 0.257. The number of nitrogens with zero attached hydrogens (tertiary/aromatic N) is 7. The summed E-state index contributed by atoms with van der Waals surface area (Å²) in [6.45, 7) is 13.0. The summed E-state index contributed by atoms with van der Waals surface area (Å²) < 4.78 is 7.22. The molecule has 0 bridgehead atoms. The summed E-state index contributed by atoms with van der Waals surface area (Å²) >= 11 is 0. The fourth-order valence-electron chi connectivity index (χ4n) is 4.01.